The van der Waals surface area contributed by atoms with Crippen molar-refractivity contribution in [1.29, 1.82) is 0 Å². The van der Waals surface area contributed by atoms with Crippen LogP contribution in [0.5, 0.6) is 5.75 Å². The summed E-state index contributed by atoms with van der Waals surface area (Å²) in [5.41, 5.74) is 2.64. The largest absolute Gasteiger partial charge is 0.487 e. The third-order valence-electron chi connectivity index (χ3n) is 4.14. The van der Waals surface area contributed by atoms with Gasteiger partial charge in [-0.2, -0.15) is 0 Å². The molecule has 0 saturated carbocycles. The van der Waals surface area contributed by atoms with E-state index in [9.17, 15) is 0 Å². The first kappa shape index (κ1) is 13.9. The second-order valence-corrected chi connectivity index (χ2v) is 6.69. The molecule has 0 spiro atoms. The van der Waals surface area contributed by atoms with Gasteiger partial charge in [-0.3, -0.25) is 0 Å². The van der Waals surface area contributed by atoms with Gasteiger partial charge in [0.05, 0.1) is 6.61 Å². The van der Waals surface area contributed by atoms with E-state index in [1.807, 2.05) is 0 Å². The molecule has 0 aliphatic carbocycles. The third-order valence-corrected chi connectivity index (χ3v) is 4.14. The lowest BCUT2D eigenvalue weighted by molar-refractivity contribution is 0.0547. The highest BCUT2D eigenvalue weighted by Crippen LogP contribution is 2.35. The Morgan fingerprint density at radius 1 is 1.35 bits per heavy atom. The van der Waals surface area contributed by atoms with E-state index in [2.05, 4.69) is 37.4 Å². The van der Waals surface area contributed by atoms with Gasteiger partial charge in [-0.05, 0) is 49.8 Å². The van der Waals surface area contributed by atoms with Crippen molar-refractivity contribution in [2.24, 2.45) is 5.92 Å². The molecule has 0 bridgehead atoms. The van der Waals surface area contributed by atoms with Crippen LogP contribution in [0.3, 0.4) is 0 Å². The molecule has 1 aromatic carbocycles. The molecule has 2 aliphatic rings. The van der Waals surface area contributed by atoms with E-state index >= 15 is 0 Å². The molecule has 1 N–H and O–H groups in total. The number of hydrogen-bond acceptors (Lipinski definition) is 3. The first-order valence-electron chi connectivity index (χ1n) is 7.72. The predicted molar refractivity (Wildman–Crippen MR) is 80.1 cm³/mol. The molecule has 20 heavy (non-hydrogen) atoms. The number of hydrogen-bond donors (Lipinski definition) is 1. The van der Waals surface area contributed by atoms with Crippen LogP contribution in [0.15, 0.2) is 18.2 Å². The summed E-state index contributed by atoms with van der Waals surface area (Å²) in [6.45, 7) is 8.14. The molecule has 0 aromatic heterocycles. The zero-order valence-corrected chi connectivity index (χ0v) is 12.6. The Labute approximate surface area is 121 Å². The van der Waals surface area contributed by atoms with Gasteiger partial charge in [0.15, 0.2) is 0 Å². The summed E-state index contributed by atoms with van der Waals surface area (Å²) in [4.78, 5) is 0. The van der Waals surface area contributed by atoms with E-state index in [0.29, 0.717) is 5.92 Å². The summed E-state index contributed by atoms with van der Waals surface area (Å²) in [6, 6.07) is 6.57. The fraction of sp³-hybridized carbons (Fsp3) is 0.647. The van der Waals surface area contributed by atoms with Gasteiger partial charge >= 0.3 is 0 Å². The van der Waals surface area contributed by atoms with Crippen molar-refractivity contribution in [1.82, 2.24) is 5.32 Å². The normalized spacial score (nSPS) is 24.2. The average Bonchev–Trinajstić information content (AvgIpc) is 2.73. The maximum Gasteiger partial charge on any atom is 0.123 e. The number of benzene rings is 1. The minimum Gasteiger partial charge on any atom is -0.487 e. The second-order valence-electron chi connectivity index (χ2n) is 6.69. The van der Waals surface area contributed by atoms with Gasteiger partial charge in [0, 0.05) is 26.1 Å². The molecule has 1 fully saturated rings. The highest BCUT2D eigenvalue weighted by atomic mass is 16.5. The first-order chi connectivity index (χ1) is 9.62. The SMILES string of the molecule is CC1(C)Cc2cc(CNCC3CCCOC3)ccc2O1. The van der Waals surface area contributed by atoms with Crippen LogP contribution in [0.25, 0.3) is 0 Å². The maximum absolute atomic E-state index is 5.91. The summed E-state index contributed by atoms with van der Waals surface area (Å²) < 4.78 is 11.4. The molecular weight excluding hydrogens is 250 g/mol. The van der Waals surface area contributed by atoms with Crippen molar-refractivity contribution in [2.75, 3.05) is 19.8 Å². The first-order valence-corrected chi connectivity index (χ1v) is 7.72. The number of fused-ring (bicyclic) bond motifs is 1. The third kappa shape index (κ3) is 3.33. The lowest BCUT2D eigenvalue weighted by Crippen LogP contribution is -2.28. The van der Waals surface area contributed by atoms with E-state index in [0.717, 1.165) is 38.5 Å². The summed E-state index contributed by atoms with van der Waals surface area (Å²) >= 11 is 0. The van der Waals surface area contributed by atoms with E-state index in [4.69, 9.17) is 9.47 Å². The smallest absolute Gasteiger partial charge is 0.123 e. The molecule has 2 aliphatic heterocycles. The molecule has 1 unspecified atom stereocenters. The molecule has 1 aromatic rings. The Balaban J connectivity index is 1.51. The van der Waals surface area contributed by atoms with Crippen LogP contribution in [0.2, 0.25) is 0 Å². The van der Waals surface area contributed by atoms with Gasteiger partial charge in [-0.25, -0.2) is 0 Å². The van der Waals surface area contributed by atoms with E-state index in [-0.39, 0.29) is 5.60 Å². The Hall–Kier alpha value is -1.06. The van der Waals surface area contributed by atoms with Gasteiger partial charge in [0.2, 0.25) is 0 Å². The Kier molecular flexibility index (Phi) is 3.99. The molecule has 110 valence electrons. The Morgan fingerprint density at radius 3 is 3.05 bits per heavy atom. The van der Waals surface area contributed by atoms with Crippen LogP contribution in [0.1, 0.15) is 37.8 Å². The molecule has 2 heterocycles. The fourth-order valence-electron chi connectivity index (χ4n) is 3.16. The monoisotopic (exact) mass is 275 g/mol. The van der Waals surface area contributed by atoms with Gasteiger partial charge in [-0.1, -0.05) is 12.1 Å². The van der Waals surface area contributed by atoms with Crippen molar-refractivity contribution in [3.05, 3.63) is 29.3 Å². The van der Waals surface area contributed by atoms with Gasteiger partial charge in [0.25, 0.3) is 0 Å². The molecule has 3 heteroatoms. The second kappa shape index (κ2) is 5.74. The fourth-order valence-corrected chi connectivity index (χ4v) is 3.16. The van der Waals surface area contributed by atoms with E-state index < -0.39 is 0 Å². The molecular formula is C17H25NO2. The van der Waals surface area contributed by atoms with Crippen LogP contribution >= 0.6 is 0 Å². The standard InChI is InChI=1S/C17H25NO2/c1-17(2)9-15-8-13(5-6-16(15)20-17)10-18-11-14-4-3-7-19-12-14/h5-6,8,14,18H,3-4,7,9-12H2,1-2H3. The van der Waals surface area contributed by atoms with Crippen LogP contribution in [0, 0.1) is 5.92 Å². The van der Waals surface area contributed by atoms with Crippen molar-refractivity contribution in [3.63, 3.8) is 0 Å². The zero-order valence-electron chi connectivity index (χ0n) is 12.6. The number of rotatable bonds is 4. The minimum atomic E-state index is -0.0478. The molecule has 1 saturated heterocycles. The predicted octanol–water partition coefficient (Wildman–Crippen LogP) is 2.92. The lowest BCUT2D eigenvalue weighted by Gasteiger charge is -2.22. The highest BCUT2D eigenvalue weighted by Gasteiger charge is 2.29. The van der Waals surface area contributed by atoms with Crippen LogP contribution in [-0.4, -0.2) is 25.4 Å². The number of nitrogens with one attached hydrogen (secondary N) is 1. The minimum absolute atomic E-state index is 0.0478. The molecule has 1 atom stereocenters. The van der Waals surface area contributed by atoms with Crippen LogP contribution in [0.4, 0.5) is 0 Å². The summed E-state index contributed by atoms with van der Waals surface area (Å²) in [6.07, 6.45) is 3.50. The quantitative estimate of drug-likeness (QED) is 0.916. The van der Waals surface area contributed by atoms with Crippen LogP contribution in [-0.2, 0) is 17.7 Å². The number of ether oxygens (including phenoxy) is 2. The summed E-state index contributed by atoms with van der Waals surface area (Å²) in [7, 11) is 0. The molecule has 3 rings (SSSR count). The molecule has 0 radical (unpaired) electrons. The van der Waals surface area contributed by atoms with Gasteiger partial charge in [-0.15, -0.1) is 0 Å². The highest BCUT2D eigenvalue weighted by molar-refractivity contribution is 5.41. The molecule has 0 amide bonds. The van der Waals surface area contributed by atoms with E-state index in [1.54, 1.807) is 0 Å². The topological polar surface area (TPSA) is 30.5 Å². The zero-order chi connectivity index (χ0) is 14.0. The van der Waals surface area contributed by atoms with Crippen LogP contribution < -0.4 is 10.1 Å². The average molecular weight is 275 g/mol. The van der Waals surface area contributed by atoms with Crippen molar-refractivity contribution >= 4 is 0 Å². The maximum atomic E-state index is 5.91. The van der Waals surface area contributed by atoms with Gasteiger partial charge < -0.3 is 14.8 Å². The summed E-state index contributed by atoms with van der Waals surface area (Å²) in [5.74, 6) is 1.74. The summed E-state index contributed by atoms with van der Waals surface area (Å²) in [5, 5.41) is 3.56. The molecule has 3 nitrogen and oxygen atoms in total. The lowest BCUT2D eigenvalue weighted by atomic mass is 10.00. The van der Waals surface area contributed by atoms with Crippen molar-refractivity contribution in [3.8, 4) is 5.75 Å². The van der Waals surface area contributed by atoms with E-state index in [1.165, 1.54) is 24.0 Å². The van der Waals surface area contributed by atoms with Crippen molar-refractivity contribution < 1.29 is 9.47 Å². The Morgan fingerprint density at radius 2 is 2.25 bits per heavy atom. The Bertz CT molecular complexity index is 464. The van der Waals surface area contributed by atoms with Gasteiger partial charge in [0.1, 0.15) is 11.4 Å². The van der Waals surface area contributed by atoms with Crippen molar-refractivity contribution in [2.45, 2.75) is 45.3 Å².